The van der Waals surface area contributed by atoms with Crippen LogP contribution in [0, 0.1) is 11.6 Å². The minimum absolute atomic E-state index is 0. The molecule has 0 saturated carbocycles. The molecule has 0 bridgehead atoms. The average Bonchev–Trinajstić information content (AvgIpc) is 2.61. The van der Waals surface area contributed by atoms with Gasteiger partial charge in [-0.3, -0.25) is 4.99 Å². The van der Waals surface area contributed by atoms with E-state index in [1.54, 1.807) is 31.3 Å². The summed E-state index contributed by atoms with van der Waals surface area (Å²) in [6.45, 7) is 3.19. The van der Waals surface area contributed by atoms with Gasteiger partial charge in [0.1, 0.15) is 5.82 Å². The molecule has 0 radical (unpaired) electrons. The molecule has 2 aromatic carbocycles. The first-order valence-electron chi connectivity index (χ1n) is 8.23. The number of aliphatic imine (C=N–C) groups is 1. The van der Waals surface area contributed by atoms with E-state index in [4.69, 9.17) is 4.74 Å². The van der Waals surface area contributed by atoms with Crippen LogP contribution >= 0.6 is 24.0 Å². The Morgan fingerprint density at radius 3 is 2.50 bits per heavy atom. The molecule has 0 aliphatic heterocycles. The van der Waals surface area contributed by atoms with E-state index in [9.17, 15) is 8.78 Å². The lowest BCUT2D eigenvalue weighted by atomic mass is 10.1. The maximum atomic E-state index is 13.8. The van der Waals surface area contributed by atoms with Crippen LogP contribution in [0.25, 0.3) is 0 Å². The number of hydrogen-bond donors (Lipinski definition) is 2. The number of rotatable bonds is 7. The molecule has 0 aromatic heterocycles. The lowest BCUT2D eigenvalue weighted by molar-refractivity contribution is 0.321. The van der Waals surface area contributed by atoms with Crippen molar-refractivity contribution in [3.05, 3.63) is 65.2 Å². The number of nitrogens with one attached hydrogen (secondary N) is 2. The Hall–Kier alpha value is -1.90. The summed E-state index contributed by atoms with van der Waals surface area (Å²) in [4.78, 5) is 4.11. The van der Waals surface area contributed by atoms with Crippen molar-refractivity contribution in [1.29, 1.82) is 0 Å². The van der Waals surface area contributed by atoms with Crippen LogP contribution in [-0.4, -0.2) is 26.2 Å². The quantitative estimate of drug-likeness (QED) is 0.363. The molecule has 2 N–H and O–H groups in total. The van der Waals surface area contributed by atoms with E-state index >= 15 is 0 Å². The number of nitrogens with zero attached hydrogens (tertiary/aromatic N) is 1. The fourth-order valence-corrected chi connectivity index (χ4v) is 2.35. The first kappa shape index (κ1) is 22.1. The van der Waals surface area contributed by atoms with Gasteiger partial charge >= 0.3 is 0 Å². The second kappa shape index (κ2) is 11.7. The van der Waals surface area contributed by atoms with Crippen molar-refractivity contribution in [1.82, 2.24) is 10.6 Å². The standard InChI is InChI=1S/C19H23F2N3O.HI/c1-3-25-18-9-8-14(12-17(18)21)13-24-19(22-2)23-11-10-15-6-4-5-7-16(15)20;/h4-9,12H,3,10-11,13H2,1-2H3,(H2,22,23,24);1H. The van der Waals surface area contributed by atoms with Crippen LogP contribution in [-0.2, 0) is 13.0 Å². The van der Waals surface area contributed by atoms with Gasteiger partial charge in [0.15, 0.2) is 17.5 Å². The molecule has 0 aliphatic carbocycles. The van der Waals surface area contributed by atoms with Crippen LogP contribution in [0.2, 0.25) is 0 Å². The van der Waals surface area contributed by atoms with Gasteiger partial charge in [-0.1, -0.05) is 24.3 Å². The van der Waals surface area contributed by atoms with Crippen molar-refractivity contribution in [2.75, 3.05) is 20.2 Å². The van der Waals surface area contributed by atoms with Gasteiger partial charge in [-0.05, 0) is 42.7 Å². The van der Waals surface area contributed by atoms with Gasteiger partial charge in [0.25, 0.3) is 0 Å². The first-order chi connectivity index (χ1) is 12.1. The van der Waals surface area contributed by atoms with Crippen LogP contribution < -0.4 is 15.4 Å². The lowest BCUT2D eigenvalue weighted by Gasteiger charge is -2.13. The average molecular weight is 475 g/mol. The Morgan fingerprint density at radius 1 is 1.08 bits per heavy atom. The fraction of sp³-hybridized carbons (Fsp3) is 0.316. The predicted octanol–water partition coefficient (Wildman–Crippen LogP) is 3.89. The number of ether oxygens (including phenoxy) is 1. The Labute approximate surface area is 170 Å². The van der Waals surface area contributed by atoms with E-state index in [0.717, 1.165) is 5.56 Å². The fourth-order valence-electron chi connectivity index (χ4n) is 2.35. The van der Waals surface area contributed by atoms with Crippen LogP contribution in [0.3, 0.4) is 0 Å². The molecular weight excluding hydrogens is 451 g/mol. The highest BCUT2D eigenvalue weighted by molar-refractivity contribution is 14.0. The monoisotopic (exact) mass is 475 g/mol. The molecule has 2 aromatic rings. The van der Waals surface area contributed by atoms with Crippen molar-refractivity contribution in [2.24, 2.45) is 4.99 Å². The summed E-state index contributed by atoms with van der Waals surface area (Å²) in [6, 6.07) is 11.5. The summed E-state index contributed by atoms with van der Waals surface area (Å²) in [5.41, 5.74) is 1.43. The Bertz CT molecular complexity index is 726. The van der Waals surface area contributed by atoms with Crippen molar-refractivity contribution >= 4 is 29.9 Å². The summed E-state index contributed by atoms with van der Waals surface area (Å²) >= 11 is 0. The van der Waals surface area contributed by atoms with E-state index in [1.807, 2.05) is 13.0 Å². The van der Waals surface area contributed by atoms with E-state index in [1.165, 1.54) is 12.1 Å². The lowest BCUT2D eigenvalue weighted by Crippen LogP contribution is -2.37. The van der Waals surface area contributed by atoms with E-state index < -0.39 is 0 Å². The van der Waals surface area contributed by atoms with Crippen molar-refractivity contribution in [3.8, 4) is 5.75 Å². The summed E-state index contributed by atoms with van der Waals surface area (Å²) in [5, 5.41) is 6.22. The third-order valence-electron chi connectivity index (χ3n) is 3.62. The highest BCUT2D eigenvalue weighted by atomic mass is 127. The SMILES string of the molecule is CCOc1ccc(CNC(=NC)NCCc2ccccc2F)cc1F.I. The molecule has 0 atom stereocenters. The molecule has 0 amide bonds. The topological polar surface area (TPSA) is 45.6 Å². The van der Waals surface area contributed by atoms with E-state index in [0.29, 0.717) is 37.6 Å². The van der Waals surface area contributed by atoms with Gasteiger partial charge in [-0.25, -0.2) is 8.78 Å². The maximum Gasteiger partial charge on any atom is 0.191 e. The molecule has 0 unspecified atom stereocenters. The molecule has 142 valence electrons. The molecule has 26 heavy (non-hydrogen) atoms. The molecule has 4 nitrogen and oxygen atoms in total. The van der Waals surface area contributed by atoms with Crippen LogP contribution in [0.15, 0.2) is 47.5 Å². The van der Waals surface area contributed by atoms with Gasteiger partial charge in [-0.2, -0.15) is 0 Å². The third-order valence-corrected chi connectivity index (χ3v) is 3.62. The maximum absolute atomic E-state index is 13.8. The zero-order chi connectivity index (χ0) is 18.1. The summed E-state index contributed by atoms with van der Waals surface area (Å²) < 4.78 is 32.6. The van der Waals surface area contributed by atoms with Gasteiger partial charge in [0.2, 0.25) is 0 Å². The number of halogens is 3. The van der Waals surface area contributed by atoms with Gasteiger partial charge in [0, 0.05) is 20.1 Å². The van der Waals surface area contributed by atoms with Crippen molar-refractivity contribution in [2.45, 2.75) is 19.9 Å². The molecule has 0 heterocycles. The molecule has 0 saturated heterocycles. The summed E-state index contributed by atoms with van der Waals surface area (Å²) in [7, 11) is 1.65. The molecule has 0 spiro atoms. The number of benzene rings is 2. The summed E-state index contributed by atoms with van der Waals surface area (Å²) in [5.74, 6) is 0.227. The highest BCUT2D eigenvalue weighted by Gasteiger charge is 2.05. The van der Waals surface area contributed by atoms with Crippen molar-refractivity contribution in [3.63, 3.8) is 0 Å². The Balaban J connectivity index is 0.00000338. The zero-order valence-electron chi connectivity index (χ0n) is 14.9. The summed E-state index contributed by atoms with van der Waals surface area (Å²) in [6.07, 6.45) is 0.547. The minimum atomic E-state index is -0.386. The van der Waals surface area contributed by atoms with Crippen LogP contribution in [0.5, 0.6) is 5.75 Å². The van der Waals surface area contributed by atoms with E-state index in [-0.39, 0.29) is 41.4 Å². The Morgan fingerprint density at radius 2 is 1.85 bits per heavy atom. The number of guanidine groups is 1. The molecule has 0 aliphatic rings. The van der Waals surface area contributed by atoms with Crippen molar-refractivity contribution < 1.29 is 13.5 Å². The predicted molar refractivity (Wildman–Crippen MR) is 111 cm³/mol. The largest absolute Gasteiger partial charge is 0.491 e. The molecular formula is C19H24F2IN3O. The second-order valence-electron chi connectivity index (χ2n) is 5.39. The van der Waals surface area contributed by atoms with Crippen LogP contribution in [0.4, 0.5) is 8.78 Å². The van der Waals surface area contributed by atoms with E-state index in [2.05, 4.69) is 15.6 Å². The first-order valence-corrected chi connectivity index (χ1v) is 8.23. The minimum Gasteiger partial charge on any atom is -0.491 e. The van der Waals surface area contributed by atoms with Gasteiger partial charge < -0.3 is 15.4 Å². The molecule has 7 heteroatoms. The Kier molecular flexibility index (Phi) is 9.93. The third kappa shape index (κ3) is 6.78. The molecule has 2 rings (SSSR count). The van der Waals surface area contributed by atoms with Gasteiger partial charge in [0.05, 0.1) is 6.61 Å². The smallest absolute Gasteiger partial charge is 0.191 e. The normalized spacial score (nSPS) is 10.8. The second-order valence-corrected chi connectivity index (χ2v) is 5.39. The van der Waals surface area contributed by atoms with Crippen LogP contribution in [0.1, 0.15) is 18.1 Å². The zero-order valence-corrected chi connectivity index (χ0v) is 17.2. The molecule has 0 fully saturated rings. The highest BCUT2D eigenvalue weighted by Crippen LogP contribution is 2.18. The number of hydrogen-bond acceptors (Lipinski definition) is 2. The van der Waals surface area contributed by atoms with Gasteiger partial charge in [-0.15, -0.1) is 24.0 Å².